The van der Waals surface area contributed by atoms with Crippen LogP contribution in [0.4, 0.5) is 0 Å². The van der Waals surface area contributed by atoms with Gasteiger partial charge in [0.15, 0.2) is 0 Å². The van der Waals surface area contributed by atoms with E-state index in [0.717, 1.165) is 15.6 Å². The predicted molar refractivity (Wildman–Crippen MR) is 95.4 cm³/mol. The molecule has 7 heteroatoms. The maximum absolute atomic E-state index is 10.9. The predicted octanol–water partition coefficient (Wildman–Crippen LogP) is 5.29. The van der Waals surface area contributed by atoms with Crippen molar-refractivity contribution >= 4 is 45.1 Å². The first-order chi connectivity index (χ1) is 11.4. The Morgan fingerprint density at radius 1 is 1.33 bits per heavy atom. The van der Waals surface area contributed by atoms with Crippen molar-refractivity contribution in [3.63, 3.8) is 0 Å². The van der Waals surface area contributed by atoms with Crippen LogP contribution in [0.1, 0.15) is 23.5 Å². The molecule has 1 N–H and O–H groups in total. The van der Waals surface area contributed by atoms with Gasteiger partial charge in [-0.05, 0) is 34.1 Å². The van der Waals surface area contributed by atoms with Crippen LogP contribution in [-0.2, 0) is 11.4 Å². The fourth-order valence-corrected chi connectivity index (χ4v) is 3.50. The number of carboxylic acid groups (broad SMARTS) is 1. The Labute approximate surface area is 157 Å². The minimum atomic E-state index is -0.842. The number of fused-ring (bicyclic) bond motifs is 1. The zero-order valence-corrected chi connectivity index (χ0v) is 15.5. The number of ether oxygens (including phenoxy) is 2. The molecule has 0 spiro atoms. The Bertz CT molecular complexity index is 794. The average Bonchev–Trinajstić information content (AvgIpc) is 2.87. The molecule has 0 amide bonds. The van der Waals surface area contributed by atoms with Gasteiger partial charge in [-0.2, -0.15) is 0 Å². The number of carbonyl (C=O) groups is 1. The summed E-state index contributed by atoms with van der Waals surface area (Å²) in [5, 5.41) is 10.1. The smallest absolute Gasteiger partial charge is 0.304 e. The average molecular weight is 432 g/mol. The Hall–Kier alpha value is -1.43. The fourth-order valence-electron chi connectivity index (χ4n) is 2.56. The van der Waals surface area contributed by atoms with Crippen molar-refractivity contribution < 1.29 is 19.4 Å². The summed E-state index contributed by atoms with van der Waals surface area (Å²) in [5.41, 5.74) is 1.69. The van der Waals surface area contributed by atoms with Crippen LogP contribution in [0.2, 0.25) is 10.0 Å². The highest BCUT2D eigenvalue weighted by Gasteiger charge is 2.28. The second-order valence-electron chi connectivity index (χ2n) is 5.45. The van der Waals surface area contributed by atoms with Gasteiger partial charge in [0, 0.05) is 33.2 Å². The molecule has 1 aliphatic rings. The number of aliphatic carboxylic acids is 1. The summed E-state index contributed by atoms with van der Waals surface area (Å²) in [5.74, 6) is 0.274. The standard InChI is InChI=1S/C17H13BrCl2O4/c18-13-5-12-10(3-17(21)22)8-23-15(12)6-16(13)24-7-9-1-2-11(19)4-14(9)20/h1-2,4-6,10H,3,7-8H2,(H,21,22)/t10-/m1/s1. The molecule has 0 radical (unpaired) electrons. The van der Waals surface area contributed by atoms with E-state index in [4.69, 9.17) is 37.8 Å². The first kappa shape index (κ1) is 17.4. The van der Waals surface area contributed by atoms with Crippen LogP contribution >= 0.6 is 39.1 Å². The second-order valence-corrected chi connectivity index (χ2v) is 7.15. The summed E-state index contributed by atoms with van der Waals surface area (Å²) in [6, 6.07) is 8.85. The molecule has 1 aliphatic heterocycles. The first-order valence-electron chi connectivity index (χ1n) is 7.19. The summed E-state index contributed by atoms with van der Waals surface area (Å²) in [6.45, 7) is 0.645. The fraction of sp³-hybridized carbons (Fsp3) is 0.235. The summed E-state index contributed by atoms with van der Waals surface area (Å²) < 4.78 is 12.1. The van der Waals surface area contributed by atoms with E-state index in [1.54, 1.807) is 18.2 Å². The van der Waals surface area contributed by atoms with Crippen LogP contribution in [0.15, 0.2) is 34.8 Å². The van der Waals surface area contributed by atoms with E-state index in [-0.39, 0.29) is 18.9 Å². The van der Waals surface area contributed by atoms with E-state index in [9.17, 15) is 4.79 Å². The van der Waals surface area contributed by atoms with Gasteiger partial charge in [-0.25, -0.2) is 0 Å². The number of carboxylic acids is 1. The van der Waals surface area contributed by atoms with Gasteiger partial charge in [0.1, 0.15) is 18.1 Å². The third kappa shape index (κ3) is 3.79. The quantitative estimate of drug-likeness (QED) is 0.699. The van der Waals surface area contributed by atoms with Gasteiger partial charge in [0.05, 0.1) is 17.5 Å². The van der Waals surface area contributed by atoms with Crippen LogP contribution in [0.3, 0.4) is 0 Å². The van der Waals surface area contributed by atoms with Crippen LogP contribution < -0.4 is 9.47 Å². The highest BCUT2D eigenvalue weighted by Crippen LogP contribution is 2.42. The number of hydrogen-bond acceptors (Lipinski definition) is 3. The van der Waals surface area contributed by atoms with E-state index >= 15 is 0 Å². The molecule has 0 aliphatic carbocycles. The summed E-state index contributed by atoms with van der Waals surface area (Å²) in [6.07, 6.45) is 0.0417. The van der Waals surface area contributed by atoms with Crippen molar-refractivity contribution in [3.8, 4) is 11.5 Å². The molecule has 0 saturated heterocycles. The highest BCUT2D eigenvalue weighted by atomic mass is 79.9. The molecule has 4 nitrogen and oxygen atoms in total. The van der Waals surface area contributed by atoms with Crippen molar-refractivity contribution in [1.82, 2.24) is 0 Å². The summed E-state index contributed by atoms with van der Waals surface area (Å²) in [4.78, 5) is 10.9. The van der Waals surface area contributed by atoms with E-state index < -0.39 is 5.97 Å². The van der Waals surface area contributed by atoms with E-state index in [0.29, 0.717) is 28.2 Å². The summed E-state index contributed by atoms with van der Waals surface area (Å²) >= 11 is 15.5. The normalized spacial score (nSPS) is 15.7. The third-order valence-electron chi connectivity index (χ3n) is 3.76. The monoisotopic (exact) mass is 430 g/mol. The lowest BCUT2D eigenvalue weighted by atomic mass is 9.98. The van der Waals surface area contributed by atoms with Crippen LogP contribution in [0.5, 0.6) is 11.5 Å². The number of halogens is 3. The molecule has 24 heavy (non-hydrogen) atoms. The first-order valence-corrected chi connectivity index (χ1v) is 8.73. The molecule has 0 unspecified atom stereocenters. The Morgan fingerprint density at radius 2 is 2.12 bits per heavy atom. The Kier molecular flexibility index (Phi) is 5.23. The zero-order valence-electron chi connectivity index (χ0n) is 12.4. The Morgan fingerprint density at radius 3 is 2.83 bits per heavy atom. The SMILES string of the molecule is O=C(O)C[C@@H]1COc2cc(OCc3ccc(Cl)cc3Cl)c(Br)cc21. The van der Waals surface area contributed by atoms with Gasteiger partial charge in [0.2, 0.25) is 0 Å². The molecule has 1 atom stereocenters. The van der Waals surface area contributed by atoms with Gasteiger partial charge in [0.25, 0.3) is 0 Å². The molecular weight excluding hydrogens is 419 g/mol. The van der Waals surface area contributed by atoms with Crippen LogP contribution in [0.25, 0.3) is 0 Å². The minimum absolute atomic E-state index is 0.0417. The van der Waals surface area contributed by atoms with Gasteiger partial charge < -0.3 is 14.6 Å². The zero-order chi connectivity index (χ0) is 17.3. The van der Waals surface area contributed by atoms with Crippen molar-refractivity contribution in [3.05, 3.63) is 56.0 Å². The van der Waals surface area contributed by atoms with E-state index in [1.807, 2.05) is 12.1 Å². The lowest BCUT2D eigenvalue weighted by molar-refractivity contribution is -0.137. The summed E-state index contributed by atoms with van der Waals surface area (Å²) in [7, 11) is 0. The van der Waals surface area contributed by atoms with Crippen molar-refractivity contribution in [2.75, 3.05) is 6.61 Å². The maximum atomic E-state index is 10.9. The largest absolute Gasteiger partial charge is 0.492 e. The van der Waals surface area contributed by atoms with Crippen LogP contribution in [-0.4, -0.2) is 17.7 Å². The number of benzene rings is 2. The molecule has 3 rings (SSSR count). The minimum Gasteiger partial charge on any atom is -0.492 e. The molecular formula is C17H13BrCl2O4. The van der Waals surface area contributed by atoms with E-state index in [1.165, 1.54) is 0 Å². The van der Waals surface area contributed by atoms with Gasteiger partial charge in [-0.1, -0.05) is 29.3 Å². The molecule has 2 aromatic carbocycles. The molecule has 2 aromatic rings. The Balaban J connectivity index is 1.77. The van der Waals surface area contributed by atoms with Gasteiger partial charge in [-0.15, -0.1) is 0 Å². The van der Waals surface area contributed by atoms with Crippen molar-refractivity contribution in [1.29, 1.82) is 0 Å². The topological polar surface area (TPSA) is 55.8 Å². The second kappa shape index (κ2) is 7.21. The highest BCUT2D eigenvalue weighted by molar-refractivity contribution is 9.10. The molecule has 126 valence electrons. The maximum Gasteiger partial charge on any atom is 0.304 e. The van der Waals surface area contributed by atoms with E-state index in [2.05, 4.69) is 15.9 Å². The van der Waals surface area contributed by atoms with Gasteiger partial charge >= 0.3 is 5.97 Å². The molecule has 0 bridgehead atoms. The van der Waals surface area contributed by atoms with Crippen molar-refractivity contribution in [2.24, 2.45) is 0 Å². The van der Waals surface area contributed by atoms with Crippen molar-refractivity contribution in [2.45, 2.75) is 18.9 Å². The lowest BCUT2D eigenvalue weighted by Crippen LogP contribution is -2.07. The molecule has 0 aromatic heterocycles. The third-order valence-corrected chi connectivity index (χ3v) is 4.97. The van der Waals surface area contributed by atoms with Gasteiger partial charge in [-0.3, -0.25) is 4.79 Å². The molecule has 0 fully saturated rings. The molecule has 0 saturated carbocycles. The van der Waals surface area contributed by atoms with Crippen LogP contribution in [0, 0.1) is 0 Å². The molecule has 1 heterocycles. The number of rotatable bonds is 5. The lowest BCUT2D eigenvalue weighted by Gasteiger charge is -2.12. The number of hydrogen-bond donors (Lipinski definition) is 1.